The molecule has 0 aliphatic heterocycles. The summed E-state index contributed by atoms with van der Waals surface area (Å²) in [6, 6.07) is 15.4. The first-order valence-corrected chi connectivity index (χ1v) is 5.94. The van der Waals surface area contributed by atoms with E-state index in [1.807, 2.05) is 49.4 Å². The molecule has 0 heterocycles. The number of aryl methyl sites for hydroxylation is 3. The zero-order chi connectivity index (χ0) is 13.0. The first kappa shape index (κ1) is 12.3. The number of rotatable bonds is 4. The fourth-order valence-corrected chi connectivity index (χ4v) is 1.98. The molecule has 0 radical (unpaired) electrons. The summed E-state index contributed by atoms with van der Waals surface area (Å²) in [5.41, 5.74) is 3.15. The number of hydrogen-bond donors (Lipinski definition) is 0. The van der Waals surface area contributed by atoms with Gasteiger partial charge in [-0.05, 0) is 30.9 Å². The van der Waals surface area contributed by atoms with E-state index < -0.39 is 0 Å². The molecule has 2 aromatic rings. The summed E-state index contributed by atoms with van der Waals surface area (Å²) in [5, 5.41) is 11.0. The molecule has 0 saturated heterocycles. The van der Waals surface area contributed by atoms with Crippen LogP contribution >= 0.6 is 0 Å². The van der Waals surface area contributed by atoms with E-state index in [-0.39, 0.29) is 10.6 Å². The Labute approximate surface area is 106 Å². The third-order valence-corrected chi connectivity index (χ3v) is 2.96. The van der Waals surface area contributed by atoms with Crippen molar-refractivity contribution in [3.63, 3.8) is 0 Å². The number of hydrogen-bond acceptors (Lipinski definition) is 2. The second kappa shape index (κ2) is 5.45. The van der Waals surface area contributed by atoms with Crippen LogP contribution in [0.2, 0.25) is 0 Å². The van der Waals surface area contributed by atoms with Crippen molar-refractivity contribution in [1.82, 2.24) is 0 Å². The maximum atomic E-state index is 11.0. The Hall–Kier alpha value is -2.16. The van der Waals surface area contributed by atoms with Gasteiger partial charge >= 0.3 is 0 Å². The molecule has 0 aliphatic rings. The normalized spacial score (nSPS) is 10.3. The quantitative estimate of drug-likeness (QED) is 0.605. The Bertz CT molecular complexity index is 550. The molecule has 0 atom stereocenters. The first-order valence-electron chi connectivity index (χ1n) is 5.94. The van der Waals surface area contributed by atoms with Gasteiger partial charge in [0.05, 0.1) is 4.92 Å². The molecule has 0 unspecified atom stereocenters. The lowest BCUT2D eigenvalue weighted by atomic mass is 10.0. The van der Waals surface area contributed by atoms with Crippen molar-refractivity contribution in [2.24, 2.45) is 0 Å². The smallest absolute Gasteiger partial charge is 0.258 e. The van der Waals surface area contributed by atoms with E-state index in [2.05, 4.69) is 0 Å². The molecule has 2 aromatic carbocycles. The van der Waals surface area contributed by atoms with Crippen molar-refractivity contribution in [2.45, 2.75) is 19.8 Å². The van der Waals surface area contributed by atoms with Crippen LogP contribution in [0.5, 0.6) is 0 Å². The number of nitro groups is 1. The van der Waals surface area contributed by atoms with Gasteiger partial charge in [-0.25, -0.2) is 0 Å². The zero-order valence-corrected chi connectivity index (χ0v) is 10.3. The summed E-state index contributed by atoms with van der Waals surface area (Å²) < 4.78 is 0. The second-order valence-corrected chi connectivity index (χ2v) is 4.37. The average Bonchev–Trinajstić information content (AvgIpc) is 2.38. The number of nitro benzene ring substituents is 1. The second-order valence-electron chi connectivity index (χ2n) is 4.37. The SMILES string of the molecule is Cc1ccc(CCc2ccccc2)c([N+](=O)[O-])c1. The van der Waals surface area contributed by atoms with Gasteiger partial charge in [0.15, 0.2) is 0 Å². The topological polar surface area (TPSA) is 43.1 Å². The van der Waals surface area contributed by atoms with E-state index in [0.29, 0.717) is 6.42 Å². The Morgan fingerprint density at radius 1 is 1.06 bits per heavy atom. The highest BCUT2D eigenvalue weighted by molar-refractivity contribution is 5.43. The molecule has 0 saturated carbocycles. The van der Waals surface area contributed by atoms with Gasteiger partial charge in [-0.1, -0.05) is 42.5 Å². The van der Waals surface area contributed by atoms with Crippen LogP contribution in [0, 0.1) is 17.0 Å². The summed E-state index contributed by atoms with van der Waals surface area (Å²) in [6.45, 7) is 1.87. The first-order chi connectivity index (χ1) is 8.66. The van der Waals surface area contributed by atoms with E-state index in [9.17, 15) is 10.1 Å². The predicted molar refractivity (Wildman–Crippen MR) is 71.7 cm³/mol. The Balaban J connectivity index is 2.17. The molecule has 18 heavy (non-hydrogen) atoms. The van der Waals surface area contributed by atoms with Crippen molar-refractivity contribution in [3.05, 3.63) is 75.3 Å². The maximum absolute atomic E-state index is 11.0. The molecule has 0 fully saturated rings. The fraction of sp³-hybridized carbons (Fsp3) is 0.200. The molecule has 3 nitrogen and oxygen atoms in total. The van der Waals surface area contributed by atoms with E-state index in [4.69, 9.17) is 0 Å². The number of benzene rings is 2. The van der Waals surface area contributed by atoms with Crippen LogP contribution in [-0.4, -0.2) is 4.92 Å². The average molecular weight is 241 g/mol. The van der Waals surface area contributed by atoms with Gasteiger partial charge in [-0.2, -0.15) is 0 Å². The summed E-state index contributed by atoms with van der Waals surface area (Å²) in [7, 11) is 0. The highest BCUT2D eigenvalue weighted by Gasteiger charge is 2.13. The summed E-state index contributed by atoms with van der Waals surface area (Å²) in [5.74, 6) is 0. The summed E-state index contributed by atoms with van der Waals surface area (Å²) in [4.78, 5) is 10.7. The van der Waals surface area contributed by atoms with Gasteiger partial charge in [0.1, 0.15) is 0 Å². The van der Waals surface area contributed by atoms with Gasteiger partial charge in [0.2, 0.25) is 0 Å². The van der Waals surface area contributed by atoms with E-state index >= 15 is 0 Å². The summed E-state index contributed by atoms with van der Waals surface area (Å²) in [6.07, 6.45) is 1.52. The van der Waals surface area contributed by atoms with Gasteiger partial charge in [0, 0.05) is 11.6 Å². The molecule has 0 N–H and O–H groups in total. The molecule has 0 spiro atoms. The van der Waals surface area contributed by atoms with E-state index in [1.54, 1.807) is 6.07 Å². The van der Waals surface area contributed by atoms with Gasteiger partial charge in [-0.15, -0.1) is 0 Å². The van der Waals surface area contributed by atoms with Crippen molar-refractivity contribution in [1.29, 1.82) is 0 Å². The molecule has 0 aromatic heterocycles. The molecule has 0 amide bonds. The molecular formula is C15H15NO2. The van der Waals surface area contributed by atoms with E-state index in [1.165, 1.54) is 5.56 Å². The number of nitrogens with zero attached hydrogens (tertiary/aromatic N) is 1. The monoisotopic (exact) mass is 241 g/mol. The van der Waals surface area contributed by atoms with Crippen molar-refractivity contribution in [2.75, 3.05) is 0 Å². The van der Waals surface area contributed by atoms with Crippen LogP contribution in [0.25, 0.3) is 0 Å². The van der Waals surface area contributed by atoms with Crippen molar-refractivity contribution >= 4 is 5.69 Å². The molecule has 0 aliphatic carbocycles. The molecule has 2 rings (SSSR count). The highest BCUT2D eigenvalue weighted by atomic mass is 16.6. The Morgan fingerprint density at radius 3 is 2.44 bits per heavy atom. The van der Waals surface area contributed by atoms with Crippen molar-refractivity contribution in [3.8, 4) is 0 Å². The van der Waals surface area contributed by atoms with Gasteiger partial charge in [0.25, 0.3) is 5.69 Å². The van der Waals surface area contributed by atoms with Crippen LogP contribution in [0.4, 0.5) is 5.69 Å². The third-order valence-electron chi connectivity index (χ3n) is 2.96. The largest absolute Gasteiger partial charge is 0.272 e. The lowest BCUT2D eigenvalue weighted by Crippen LogP contribution is -1.98. The molecule has 92 valence electrons. The zero-order valence-electron chi connectivity index (χ0n) is 10.3. The minimum Gasteiger partial charge on any atom is -0.258 e. The summed E-state index contributed by atoms with van der Waals surface area (Å²) >= 11 is 0. The Kier molecular flexibility index (Phi) is 3.72. The fourth-order valence-electron chi connectivity index (χ4n) is 1.98. The standard InChI is InChI=1S/C15H15NO2/c1-12-7-9-14(15(11-12)16(17)18)10-8-13-5-3-2-4-6-13/h2-7,9,11H,8,10H2,1H3. The predicted octanol–water partition coefficient (Wildman–Crippen LogP) is 3.69. The van der Waals surface area contributed by atoms with Crippen LogP contribution < -0.4 is 0 Å². The Morgan fingerprint density at radius 2 is 1.78 bits per heavy atom. The third kappa shape index (κ3) is 2.94. The van der Waals surface area contributed by atoms with Crippen LogP contribution in [0.15, 0.2) is 48.5 Å². The minimum absolute atomic E-state index is 0.228. The molecule has 0 bridgehead atoms. The van der Waals surface area contributed by atoms with Crippen LogP contribution in [-0.2, 0) is 12.8 Å². The van der Waals surface area contributed by atoms with Gasteiger partial charge in [-0.3, -0.25) is 10.1 Å². The minimum atomic E-state index is -0.298. The lowest BCUT2D eigenvalue weighted by Gasteiger charge is -2.04. The highest BCUT2D eigenvalue weighted by Crippen LogP contribution is 2.21. The molecular weight excluding hydrogens is 226 g/mol. The van der Waals surface area contributed by atoms with Gasteiger partial charge < -0.3 is 0 Å². The van der Waals surface area contributed by atoms with E-state index in [0.717, 1.165) is 17.5 Å². The lowest BCUT2D eigenvalue weighted by molar-refractivity contribution is -0.385. The maximum Gasteiger partial charge on any atom is 0.272 e. The van der Waals surface area contributed by atoms with Crippen molar-refractivity contribution < 1.29 is 4.92 Å². The molecule has 3 heteroatoms. The van der Waals surface area contributed by atoms with Crippen LogP contribution in [0.3, 0.4) is 0 Å². The van der Waals surface area contributed by atoms with Crippen LogP contribution in [0.1, 0.15) is 16.7 Å².